The minimum Gasteiger partial charge on any atom is -0.506 e. The van der Waals surface area contributed by atoms with Gasteiger partial charge in [-0.1, -0.05) is 30.9 Å². The van der Waals surface area contributed by atoms with Gasteiger partial charge in [-0.25, -0.2) is 0 Å². The molecule has 0 radical (unpaired) electrons. The molecule has 1 heterocycles. The van der Waals surface area contributed by atoms with E-state index < -0.39 is 0 Å². The zero-order chi connectivity index (χ0) is 19.4. The number of aromatic nitrogens is 1. The molecule has 0 saturated heterocycles. The van der Waals surface area contributed by atoms with E-state index in [-0.39, 0.29) is 12.5 Å². The summed E-state index contributed by atoms with van der Waals surface area (Å²) in [6.07, 6.45) is 6.78. The highest BCUT2D eigenvalue weighted by molar-refractivity contribution is 6.32. The van der Waals surface area contributed by atoms with Crippen LogP contribution in [0.3, 0.4) is 0 Å². The zero-order valence-electron chi connectivity index (χ0n) is 16.3. The molecule has 0 unspecified atom stereocenters. The largest absolute Gasteiger partial charge is 0.506 e. The number of phenolic OH excluding ortho intramolecular Hbond substituents is 1. The Bertz CT molecular complexity index is 801. The van der Waals surface area contributed by atoms with Crippen molar-refractivity contribution in [3.63, 3.8) is 0 Å². The third kappa shape index (κ3) is 4.56. The van der Waals surface area contributed by atoms with E-state index in [1.807, 2.05) is 26.0 Å². The molecule has 0 spiro atoms. The molecule has 1 N–H and O–H groups in total. The Hall–Kier alpha value is -1.78. The highest BCUT2D eigenvalue weighted by Crippen LogP contribution is 2.37. The van der Waals surface area contributed by atoms with Crippen LogP contribution in [0.1, 0.15) is 66.1 Å². The molecule has 146 valence electrons. The number of aromatic hydroxyl groups is 1. The number of pyridine rings is 1. The summed E-state index contributed by atoms with van der Waals surface area (Å²) in [5.74, 6) is 1.40. The van der Waals surface area contributed by atoms with E-state index in [0.29, 0.717) is 17.4 Å². The second-order valence-electron chi connectivity index (χ2n) is 7.38. The molecule has 3 rings (SSSR count). The van der Waals surface area contributed by atoms with E-state index >= 15 is 0 Å². The van der Waals surface area contributed by atoms with Crippen molar-refractivity contribution >= 4 is 11.6 Å². The number of hydrogen-bond donors (Lipinski definition) is 1. The van der Waals surface area contributed by atoms with Gasteiger partial charge < -0.3 is 14.6 Å². The number of phenols is 1. The molecule has 0 amide bonds. The van der Waals surface area contributed by atoms with Crippen molar-refractivity contribution in [2.24, 2.45) is 0 Å². The van der Waals surface area contributed by atoms with Crippen molar-refractivity contribution < 1.29 is 14.6 Å². The summed E-state index contributed by atoms with van der Waals surface area (Å²) in [5.41, 5.74) is 5.09. The first kappa shape index (κ1) is 20.0. The predicted octanol–water partition coefficient (Wildman–Crippen LogP) is 5.68. The Kier molecular flexibility index (Phi) is 6.61. The first-order valence-corrected chi connectivity index (χ1v) is 9.98. The highest BCUT2D eigenvalue weighted by Gasteiger charge is 2.22. The molecule has 1 aliphatic carbocycles. The van der Waals surface area contributed by atoms with Crippen LogP contribution in [0.5, 0.6) is 11.5 Å². The lowest BCUT2D eigenvalue weighted by molar-refractivity contribution is 0.0496. The number of aryl methyl sites for hydroxylation is 1. The zero-order valence-corrected chi connectivity index (χ0v) is 17.1. The van der Waals surface area contributed by atoms with Gasteiger partial charge in [-0.15, -0.1) is 0 Å². The van der Waals surface area contributed by atoms with Gasteiger partial charge in [-0.3, -0.25) is 4.98 Å². The summed E-state index contributed by atoms with van der Waals surface area (Å²) < 4.78 is 10.9. The fourth-order valence-electron chi connectivity index (χ4n) is 3.94. The van der Waals surface area contributed by atoms with E-state index in [9.17, 15) is 5.11 Å². The minimum absolute atomic E-state index is 0.134. The summed E-state index contributed by atoms with van der Waals surface area (Å²) in [5, 5.41) is 10.3. The first-order valence-electron chi connectivity index (χ1n) is 9.60. The SMILES string of the molecule is COCOc1ccc(Cc2c(C)cc(O)c(Cl)c2C)nc1C1CCCCC1. The van der Waals surface area contributed by atoms with Gasteiger partial charge in [0.2, 0.25) is 0 Å². The standard InChI is InChI=1S/C22H28ClNO3/c1-14-11-19(25)21(23)15(2)18(14)12-17-9-10-20(27-13-26-3)22(24-17)16-7-5-4-6-8-16/h9-11,16,25H,4-8,12-13H2,1-3H3. The summed E-state index contributed by atoms with van der Waals surface area (Å²) >= 11 is 6.25. The van der Waals surface area contributed by atoms with Gasteiger partial charge in [0, 0.05) is 25.1 Å². The van der Waals surface area contributed by atoms with Gasteiger partial charge in [-0.2, -0.15) is 0 Å². The third-order valence-electron chi connectivity index (χ3n) is 5.46. The van der Waals surface area contributed by atoms with Gasteiger partial charge in [0.1, 0.15) is 11.5 Å². The highest BCUT2D eigenvalue weighted by atomic mass is 35.5. The molecular weight excluding hydrogens is 362 g/mol. The number of ether oxygens (including phenoxy) is 2. The number of rotatable bonds is 6. The molecule has 0 bridgehead atoms. The van der Waals surface area contributed by atoms with Crippen molar-refractivity contribution in [3.8, 4) is 11.5 Å². The van der Waals surface area contributed by atoms with Crippen LogP contribution in [-0.4, -0.2) is 24.0 Å². The Balaban J connectivity index is 1.93. The Morgan fingerprint density at radius 1 is 1.19 bits per heavy atom. The maximum absolute atomic E-state index is 9.93. The van der Waals surface area contributed by atoms with E-state index in [1.54, 1.807) is 13.2 Å². The molecular formula is C22H28ClNO3. The Morgan fingerprint density at radius 3 is 2.63 bits per heavy atom. The van der Waals surface area contributed by atoms with Gasteiger partial charge in [0.25, 0.3) is 0 Å². The normalized spacial score (nSPS) is 15.1. The first-order chi connectivity index (χ1) is 13.0. The van der Waals surface area contributed by atoms with Gasteiger partial charge >= 0.3 is 0 Å². The van der Waals surface area contributed by atoms with Gasteiger partial charge in [-0.05, 0) is 61.6 Å². The second kappa shape index (κ2) is 8.94. The summed E-state index contributed by atoms with van der Waals surface area (Å²) in [6, 6.07) is 5.75. The van der Waals surface area contributed by atoms with E-state index in [1.165, 1.54) is 19.3 Å². The summed E-state index contributed by atoms with van der Waals surface area (Å²) in [6.45, 7) is 4.17. The molecule has 2 aromatic rings. The van der Waals surface area contributed by atoms with Crippen LogP contribution in [0, 0.1) is 13.8 Å². The summed E-state index contributed by atoms with van der Waals surface area (Å²) in [4.78, 5) is 4.99. The smallest absolute Gasteiger partial charge is 0.188 e. The van der Waals surface area contributed by atoms with Crippen molar-refractivity contribution in [1.29, 1.82) is 0 Å². The van der Waals surface area contributed by atoms with Crippen LogP contribution in [0.25, 0.3) is 0 Å². The third-order valence-corrected chi connectivity index (χ3v) is 5.94. The van der Waals surface area contributed by atoms with Gasteiger partial charge in [0.05, 0.1) is 10.7 Å². The molecule has 1 saturated carbocycles. The van der Waals surface area contributed by atoms with Crippen LogP contribution in [0.4, 0.5) is 0 Å². The van der Waals surface area contributed by atoms with E-state index in [0.717, 1.165) is 46.7 Å². The van der Waals surface area contributed by atoms with Crippen LogP contribution in [-0.2, 0) is 11.2 Å². The fourth-order valence-corrected chi connectivity index (χ4v) is 4.11. The molecule has 1 aromatic heterocycles. The molecule has 1 aromatic carbocycles. The molecule has 5 heteroatoms. The van der Waals surface area contributed by atoms with E-state index in [4.69, 9.17) is 26.1 Å². The maximum atomic E-state index is 9.93. The molecule has 0 aliphatic heterocycles. The van der Waals surface area contributed by atoms with Crippen molar-refractivity contribution in [2.75, 3.05) is 13.9 Å². The second-order valence-corrected chi connectivity index (χ2v) is 7.76. The van der Waals surface area contributed by atoms with Gasteiger partial charge in [0.15, 0.2) is 6.79 Å². The lowest BCUT2D eigenvalue weighted by Crippen LogP contribution is -2.12. The number of nitrogens with zero attached hydrogens (tertiary/aromatic N) is 1. The average Bonchev–Trinajstić information content (AvgIpc) is 2.69. The van der Waals surface area contributed by atoms with Crippen LogP contribution < -0.4 is 4.74 Å². The molecule has 0 atom stereocenters. The van der Waals surface area contributed by atoms with Crippen LogP contribution >= 0.6 is 11.6 Å². The number of hydrogen-bond acceptors (Lipinski definition) is 4. The number of benzene rings is 1. The number of halogens is 1. The van der Waals surface area contributed by atoms with Crippen molar-refractivity contribution in [1.82, 2.24) is 4.98 Å². The molecule has 1 fully saturated rings. The van der Waals surface area contributed by atoms with Crippen LogP contribution in [0.2, 0.25) is 5.02 Å². The molecule has 1 aliphatic rings. The van der Waals surface area contributed by atoms with Crippen molar-refractivity contribution in [3.05, 3.63) is 51.3 Å². The maximum Gasteiger partial charge on any atom is 0.188 e. The lowest BCUT2D eigenvalue weighted by Gasteiger charge is -2.24. The Labute approximate surface area is 166 Å². The van der Waals surface area contributed by atoms with Crippen LogP contribution in [0.15, 0.2) is 18.2 Å². The Morgan fingerprint density at radius 2 is 1.93 bits per heavy atom. The minimum atomic E-state index is 0.134. The monoisotopic (exact) mass is 389 g/mol. The predicted molar refractivity (Wildman–Crippen MR) is 108 cm³/mol. The lowest BCUT2D eigenvalue weighted by atomic mass is 9.86. The number of methoxy groups -OCH3 is 1. The topological polar surface area (TPSA) is 51.6 Å². The average molecular weight is 390 g/mol. The fraction of sp³-hybridized carbons (Fsp3) is 0.500. The molecule has 4 nitrogen and oxygen atoms in total. The van der Waals surface area contributed by atoms with Crippen molar-refractivity contribution in [2.45, 2.75) is 58.3 Å². The van der Waals surface area contributed by atoms with E-state index in [2.05, 4.69) is 0 Å². The summed E-state index contributed by atoms with van der Waals surface area (Å²) in [7, 11) is 1.63. The quantitative estimate of drug-likeness (QED) is 0.646. The molecule has 27 heavy (non-hydrogen) atoms.